The van der Waals surface area contributed by atoms with Gasteiger partial charge in [0, 0.05) is 10.5 Å². The molecule has 0 aliphatic carbocycles. The molecule has 1 aromatic carbocycles. The molecule has 0 heterocycles. The van der Waals surface area contributed by atoms with Crippen LogP contribution in [0.15, 0.2) is 28.7 Å². The van der Waals surface area contributed by atoms with Crippen LogP contribution in [0.2, 0.25) is 0 Å². The van der Waals surface area contributed by atoms with Crippen LogP contribution in [0.5, 0.6) is 0 Å². The van der Waals surface area contributed by atoms with Gasteiger partial charge >= 0.3 is 6.18 Å². The molecule has 1 aromatic rings. The van der Waals surface area contributed by atoms with Gasteiger partial charge in [-0.1, -0.05) is 28.1 Å². The first kappa shape index (κ1) is 18.9. The number of hydrogen-bond donors (Lipinski definition) is 2. The van der Waals surface area contributed by atoms with Crippen molar-refractivity contribution in [3.8, 4) is 0 Å². The molecule has 1 amide bonds. The number of alkyl halides is 3. The Morgan fingerprint density at radius 1 is 1.36 bits per heavy atom. The maximum Gasteiger partial charge on any atom is 0.411 e. The van der Waals surface area contributed by atoms with E-state index in [1.165, 1.54) is 6.92 Å². The Labute approximate surface area is 135 Å². The third-order valence-electron chi connectivity index (χ3n) is 2.93. The highest BCUT2D eigenvalue weighted by atomic mass is 79.9. The van der Waals surface area contributed by atoms with Crippen LogP contribution in [0.25, 0.3) is 0 Å². The Morgan fingerprint density at radius 3 is 2.41 bits per heavy atom. The van der Waals surface area contributed by atoms with E-state index in [2.05, 4.69) is 26.0 Å². The molecule has 1 rings (SSSR count). The van der Waals surface area contributed by atoms with Gasteiger partial charge in [-0.15, -0.1) is 0 Å². The van der Waals surface area contributed by atoms with E-state index in [1.807, 2.05) is 0 Å². The molecule has 3 N–H and O–H groups in total. The first-order valence-electron chi connectivity index (χ1n) is 6.53. The number of rotatable bonds is 6. The Morgan fingerprint density at radius 2 is 1.91 bits per heavy atom. The van der Waals surface area contributed by atoms with Crippen LogP contribution in [0.4, 0.5) is 13.2 Å². The standard InChI is InChI=1S/C14H18BrF3N2O2/c1-9(7-22-8-14(16,17)18)20-12(21)13(2,19)10-3-5-11(15)6-4-10/h3-6,9H,7-8,19H2,1-2H3,(H,20,21). The minimum atomic E-state index is -4.39. The van der Waals surface area contributed by atoms with E-state index in [0.29, 0.717) is 5.56 Å². The average Bonchev–Trinajstić information content (AvgIpc) is 2.37. The number of halogens is 4. The van der Waals surface area contributed by atoms with Crippen molar-refractivity contribution in [2.45, 2.75) is 31.6 Å². The van der Waals surface area contributed by atoms with Gasteiger partial charge in [0.15, 0.2) is 0 Å². The van der Waals surface area contributed by atoms with E-state index in [-0.39, 0.29) is 6.61 Å². The number of nitrogens with two attached hydrogens (primary N) is 1. The molecule has 22 heavy (non-hydrogen) atoms. The number of benzene rings is 1. The van der Waals surface area contributed by atoms with Crippen molar-refractivity contribution in [3.63, 3.8) is 0 Å². The largest absolute Gasteiger partial charge is 0.411 e. The van der Waals surface area contributed by atoms with Crippen molar-refractivity contribution in [1.29, 1.82) is 0 Å². The van der Waals surface area contributed by atoms with Gasteiger partial charge in [0.05, 0.1) is 6.61 Å². The summed E-state index contributed by atoms with van der Waals surface area (Å²) in [5, 5.41) is 2.55. The van der Waals surface area contributed by atoms with Crippen LogP contribution in [-0.2, 0) is 15.1 Å². The third-order valence-corrected chi connectivity index (χ3v) is 3.46. The van der Waals surface area contributed by atoms with E-state index >= 15 is 0 Å². The van der Waals surface area contributed by atoms with Crippen molar-refractivity contribution in [1.82, 2.24) is 5.32 Å². The van der Waals surface area contributed by atoms with Crippen molar-refractivity contribution in [3.05, 3.63) is 34.3 Å². The Balaban J connectivity index is 2.57. The van der Waals surface area contributed by atoms with Crippen molar-refractivity contribution in [2.24, 2.45) is 5.73 Å². The van der Waals surface area contributed by atoms with Gasteiger partial charge in [-0.3, -0.25) is 4.79 Å². The molecule has 0 aliphatic heterocycles. The number of nitrogens with one attached hydrogen (secondary N) is 1. The summed E-state index contributed by atoms with van der Waals surface area (Å²) >= 11 is 3.28. The number of carbonyl (C=O) groups excluding carboxylic acids is 1. The van der Waals surface area contributed by atoms with Gasteiger partial charge in [-0.2, -0.15) is 13.2 Å². The molecule has 2 unspecified atom stereocenters. The smallest absolute Gasteiger partial charge is 0.370 e. The maximum absolute atomic E-state index is 12.2. The molecule has 124 valence electrons. The topological polar surface area (TPSA) is 64.3 Å². The summed E-state index contributed by atoms with van der Waals surface area (Å²) in [6, 6.07) is 6.32. The molecular formula is C14H18BrF3N2O2. The van der Waals surface area contributed by atoms with Crippen LogP contribution in [-0.4, -0.2) is 31.3 Å². The van der Waals surface area contributed by atoms with E-state index in [9.17, 15) is 18.0 Å². The summed E-state index contributed by atoms with van der Waals surface area (Å²) in [6.07, 6.45) is -4.39. The monoisotopic (exact) mass is 382 g/mol. The molecule has 0 aromatic heterocycles. The average molecular weight is 383 g/mol. The zero-order valence-corrected chi connectivity index (χ0v) is 13.8. The van der Waals surface area contributed by atoms with Crippen LogP contribution >= 0.6 is 15.9 Å². The molecule has 0 saturated carbocycles. The zero-order valence-electron chi connectivity index (χ0n) is 12.2. The van der Waals surface area contributed by atoms with Crippen LogP contribution in [0.3, 0.4) is 0 Å². The third kappa shape index (κ3) is 5.94. The summed E-state index contributed by atoms with van der Waals surface area (Å²) < 4.78 is 41.3. The van der Waals surface area contributed by atoms with E-state index in [1.54, 1.807) is 31.2 Å². The highest BCUT2D eigenvalue weighted by molar-refractivity contribution is 9.10. The summed E-state index contributed by atoms with van der Waals surface area (Å²) in [5.41, 5.74) is 5.33. The molecule has 0 spiro atoms. The fourth-order valence-corrected chi connectivity index (χ4v) is 1.96. The lowest BCUT2D eigenvalue weighted by atomic mass is 9.92. The predicted octanol–water partition coefficient (Wildman–Crippen LogP) is 2.71. The Bertz CT molecular complexity index is 504. The van der Waals surface area contributed by atoms with Crippen LogP contribution < -0.4 is 11.1 Å². The molecule has 0 aliphatic rings. The fourth-order valence-electron chi connectivity index (χ4n) is 1.69. The van der Waals surface area contributed by atoms with Gasteiger partial charge in [-0.25, -0.2) is 0 Å². The van der Waals surface area contributed by atoms with Gasteiger partial charge in [0.25, 0.3) is 0 Å². The summed E-state index contributed by atoms with van der Waals surface area (Å²) in [5.74, 6) is -0.488. The molecule has 2 atom stereocenters. The molecular weight excluding hydrogens is 365 g/mol. The minimum Gasteiger partial charge on any atom is -0.370 e. The number of ether oxygens (including phenoxy) is 1. The Kier molecular flexibility index (Phi) is 6.39. The highest BCUT2D eigenvalue weighted by Crippen LogP contribution is 2.21. The predicted molar refractivity (Wildman–Crippen MR) is 80.2 cm³/mol. The quantitative estimate of drug-likeness (QED) is 0.794. The lowest BCUT2D eigenvalue weighted by Gasteiger charge is -2.26. The van der Waals surface area contributed by atoms with Gasteiger partial charge in [-0.05, 0) is 31.5 Å². The first-order valence-corrected chi connectivity index (χ1v) is 7.32. The van der Waals surface area contributed by atoms with Crippen molar-refractivity contribution >= 4 is 21.8 Å². The second-order valence-corrected chi connectivity index (χ2v) is 6.13. The normalized spacial score (nSPS) is 16.0. The van der Waals surface area contributed by atoms with Crippen LogP contribution in [0, 0.1) is 0 Å². The zero-order chi connectivity index (χ0) is 17.0. The van der Waals surface area contributed by atoms with Gasteiger partial charge in [0.2, 0.25) is 5.91 Å². The van der Waals surface area contributed by atoms with E-state index in [0.717, 1.165) is 4.47 Å². The number of hydrogen-bond acceptors (Lipinski definition) is 3. The molecule has 0 fully saturated rings. The molecule has 8 heteroatoms. The highest BCUT2D eigenvalue weighted by Gasteiger charge is 2.32. The SMILES string of the molecule is CC(COCC(F)(F)F)NC(=O)C(C)(N)c1ccc(Br)cc1. The minimum absolute atomic E-state index is 0.248. The summed E-state index contributed by atoms with van der Waals surface area (Å²) in [7, 11) is 0. The summed E-state index contributed by atoms with van der Waals surface area (Å²) in [4.78, 5) is 12.2. The number of amides is 1. The second-order valence-electron chi connectivity index (χ2n) is 5.21. The fraction of sp³-hybridized carbons (Fsp3) is 0.500. The van der Waals surface area contributed by atoms with Crippen LogP contribution in [0.1, 0.15) is 19.4 Å². The maximum atomic E-state index is 12.2. The molecule has 0 radical (unpaired) electrons. The second kappa shape index (κ2) is 7.43. The lowest BCUT2D eigenvalue weighted by molar-refractivity contribution is -0.175. The van der Waals surface area contributed by atoms with Gasteiger partial charge in [0.1, 0.15) is 12.1 Å². The van der Waals surface area contributed by atoms with E-state index < -0.39 is 30.3 Å². The van der Waals surface area contributed by atoms with E-state index in [4.69, 9.17) is 5.73 Å². The number of carbonyl (C=O) groups is 1. The van der Waals surface area contributed by atoms with Crippen molar-refractivity contribution in [2.75, 3.05) is 13.2 Å². The molecule has 0 bridgehead atoms. The molecule has 0 saturated heterocycles. The van der Waals surface area contributed by atoms with Gasteiger partial charge < -0.3 is 15.8 Å². The lowest BCUT2D eigenvalue weighted by Crippen LogP contribution is -2.52. The van der Waals surface area contributed by atoms with Crippen molar-refractivity contribution < 1.29 is 22.7 Å². The Hall–Kier alpha value is -1.12. The molecule has 4 nitrogen and oxygen atoms in total. The first-order chi connectivity index (χ1) is 10.0. The summed E-state index contributed by atoms with van der Waals surface area (Å²) in [6.45, 7) is 1.49.